The van der Waals surface area contributed by atoms with Crippen molar-refractivity contribution in [3.05, 3.63) is 65.5 Å². The van der Waals surface area contributed by atoms with Gasteiger partial charge in [-0.3, -0.25) is 19.5 Å². The van der Waals surface area contributed by atoms with Gasteiger partial charge < -0.3 is 10.2 Å². The molecule has 6 heteroatoms. The lowest BCUT2D eigenvalue weighted by Crippen LogP contribution is -2.63. The fourth-order valence-corrected chi connectivity index (χ4v) is 4.69. The van der Waals surface area contributed by atoms with Crippen LogP contribution in [-0.2, 0) is 22.6 Å². The number of carbonyl (C=O) groups excluding carboxylic acids is 2. The van der Waals surface area contributed by atoms with E-state index in [9.17, 15) is 9.59 Å². The molecule has 2 aliphatic heterocycles. The molecule has 164 valence electrons. The van der Waals surface area contributed by atoms with E-state index < -0.39 is 5.54 Å². The predicted molar refractivity (Wildman–Crippen MR) is 120 cm³/mol. The SMILES string of the molecule is Cc1ccc(CN2CCN(C(=O)C3(Cc4cccnc4)CCCCC(=O)N3)CC2)cc1. The van der Waals surface area contributed by atoms with Crippen LogP contribution in [0.3, 0.4) is 0 Å². The van der Waals surface area contributed by atoms with Crippen molar-refractivity contribution in [2.24, 2.45) is 0 Å². The van der Waals surface area contributed by atoms with Crippen molar-refractivity contribution in [3.63, 3.8) is 0 Å². The Morgan fingerprint density at radius 3 is 2.55 bits per heavy atom. The van der Waals surface area contributed by atoms with Crippen molar-refractivity contribution < 1.29 is 9.59 Å². The molecular weight excluding hydrogens is 388 g/mol. The van der Waals surface area contributed by atoms with E-state index >= 15 is 0 Å². The molecule has 1 atom stereocenters. The molecule has 0 radical (unpaired) electrons. The van der Waals surface area contributed by atoms with Gasteiger partial charge in [-0.2, -0.15) is 0 Å². The van der Waals surface area contributed by atoms with Crippen molar-refractivity contribution in [1.29, 1.82) is 0 Å². The molecule has 0 bridgehead atoms. The van der Waals surface area contributed by atoms with Crippen LogP contribution in [-0.4, -0.2) is 58.3 Å². The second kappa shape index (κ2) is 9.60. The Labute approximate surface area is 184 Å². The van der Waals surface area contributed by atoms with Gasteiger partial charge in [-0.25, -0.2) is 0 Å². The van der Waals surface area contributed by atoms with Crippen LogP contribution in [0.5, 0.6) is 0 Å². The first-order chi connectivity index (χ1) is 15.0. The van der Waals surface area contributed by atoms with Crippen molar-refractivity contribution in [2.45, 2.75) is 51.1 Å². The molecule has 0 spiro atoms. The Kier molecular flexibility index (Phi) is 6.66. The molecule has 2 amide bonds. The highest BCUT2D eigenvalue weighted by atomic mass is 16.2. The molecule has 2 saturated heterocycles. The summed E-state index contributed by atoms with van der Waals surface area (Å²) in [6.07, 6.45) is 6.90. The van der Waals surface area contributed by atoms with E-state index in [1.807, 2.05) is 17.0 Å². The zero-order valence-electron chi connectivity index (χ0n) is 18.3. The summed E-state index contributed by atoms with van der Waals surface area (Å²) in [5, 5.41) is 3.12. The molecule has 3 heterocycles. The lowest BCUT2D eigenvalue weighted by atomic mass is 9.85. The third kappa shape index (κ3) is 5.31. The first-order valence-corrected chi connectivity index (χ1v) is 11.3. The molecule has 0 saturated carbocycles. The summed E-state index contributed by atoms with van der Waals surface area (Å²) < 4.78 is 0. The summed E-state index contributed by atoms with van der Waals surface area (Å²) in [5.74, 6) is 0.0364. The lowest BCUT2D eigenvalue weighted by Gasteiger charge is -2.41. The van der Waals surface area contributed by atoms with Crippen LogP contribution >= 0.6 is 0 Å². The average Bonchev–Trinajstić information content (AvgIpc) is 2.98. The van der Waals surface area contributed by atoms with Crippen LogP contribution < -0.4 is 5.32 Å². The predicted octanol–water partition coefficient (Wildman–Crippen LogP) is 2.71. The molecule has 2 fully saturated rings. The number of amides is 2. The summed E-state index contributed by atoms with van der Waals surface area (Å²) in [6, 6.07) is 12.5. The summed E-state index contributed by atoms with van der Waals surface area (Å²) in [4.78, 5) is 34.8. The number of nitrogens with zero attached hydrogens (tertiary/aromatic N) is 3. The van der Waals surface area contributed by atoms with E-state index in [2.05, 4.69) is 46.4 Å². The van der Waals surface area contributed by atoms with Crippen LogP contribution in [0.25, 0.3) is 0 Å². The van der Waals surface area contributed by atoms with Crippen LogP contribution in [0.1, 0.15) is 42.4 Å². The number of aryl methyl sites for hydroxylation is 1. The molecular formula is C25H32N4O2. The first-order valence-electron chi connectivity index (χ1n) is 11.3. The summed E-state index contributed by atoms with van der Waals surface area (Å²) in [6.45, 7) is 6.07. The van der Waals surface area contributed by atoms with Crippen LogP contribution in [0.2, 0.25) is 0 Å². The summed E-state index contributed by atoms with van der Waals surface area (Å²) in [7, 11) is 0. The summed E-state index contributed by atoms with van der Waals surface area (Å²) in [5.41, 5.74) is 2.68. The van der Waals surface area contributed by atoms with Gasteiger partial charge in [-0.1, -0.05) is 42.3 Å². The van der Waals surface area contributed by atoms with Gasteiger partial charge in [0.25, 0.3) is 0 Å². The second-order valence-electron chi connectivity index (χ2n) is 8.93. The lowest BCUT2D eigenvalue weighted by molar-refractivity contribution is -0.143. The number of rotatable bonds is 5. The number of piperazine rings is 1. The summed E-state index contributed by atoms with van der Waals surface area (Å²) >= 11 is 0. The van der Waals surface area contributed by atoms with E-state index in [-0.39, 0.29) is 11.8 Å². The van der Waals surface area contributed by atoms with E-state index in [0.29, 0.717) is 32.4 Å². The van der Waals surface area contributed by atoms with E-state index in [4.69, 9.17) is 0 Å². The van der Waals surface area contributed by atoms with Gasteiger partial charge >= 0.3 is 0 Å². The Hall–Kier alpha value is -2.73. The number of pyridine rings is 1. The maximum absolute atomic E-state index is 13.8. The number of aromatic nitrogens is 1. The number of hydrogen-bond donors (Lipinski definition) is 1. The third-order valence-electron chi connectivity index (χ3n) is 6.46. The standard InChI is InChI=1S/C25H32N4O2/c1-20-7-9-21(10-8-20)19-28-13-15-29(16-14-28)24(31)25(11-3-2-6-23(30)27-25)17-22-5-4-12-26-18-22/h4-5,7-10,12,18H,2-3,6,11,13-17,19H2,1H3,(H,27,30). The molecule has 4 rings (SSSR count). The highest BCUT2D eigenvalue weighted by Gasteiger charge is 2.43. The van der Waals surface area contributed by atoms with Crippen LogP contribution in [0.4, 0.5) is 0 Å². The molecule has 1 aromatic heterocycles. The Balaban J connectivity index is 1.44. The quantitative estimate of drug-likeness (QED) is 0.808. The highest BCUT2D eigenvalue weighted by Crippen LogP contribution is 2.27. The fraction of sp³-hybridized carbons (Fsp3) is 0.480. The van der Waals surface area contributed by atoms with Gasteiger partial charge in [0.05, 0.1) is 0 Å². The normalized spacial score (nSPS) is 22.6. The van der Waals surface area contributed by atoms with Gasteiger partial charge in [-0.15, -0.1) is 0 Å². The minimum Gasteiger partial charge on any atom is -0.341 e. The van der Waals surface area contributed by atoms with Gasteiger partial charge in [0.1, 0.15) is 5.54 Å². The monoisotopic (exact) mass is 420 g/mol. The second-order valence-corrected chi connectivity index (χ2v) is 8.93. The van der Waals surface area contributed by atoms with Gasteiger partial charge in [0.2, 0.25) is 11.8 Å². The van der Waals surface area contributed by atoms with Crippen molar-refractivity contribution in [1.82, 2.24) is 20.1 Å². The molecule has 6 nitrogen and oxygen atoms in total. The molecule has 1 aromatic carbocycles. The van der Waals surface area contributed by atoms with Gasteiger partial charge in [0.15, 0.2) is 0 Å². The number of benzene rings is 1. The van der Waals surface area contributed by atoms with Gasteiger partial charge in [-0.05, 0) is 37.0 Å². The largest absolute Gasteiger partial charge is 0.341 e. The van der Waals surface area contributed by atoms with Crippen molar-refractivity contribution in [2.75, 3.05) is 26.2 Å². The minimum atomic E-state index is -0.865. The molecule has 2 aliphatic rings. The van der Waals surface area contributed by atoms with Crippen molar-refractivity contribution >= 4 is 11.8 Å². The maximum atomic E-state index is 13.8. The number of carbonyl (C=O) groups is 2. The Bertz CT molecular complexity index is 891. The molecule has 1 unspecified atom stereocenters. The average molecular weight is 421 g/mol. The zero-order chi connectivity index (χ0) is 21.7. The third-order valence-corrected chi connectivity index (χ3v) is 6.46. The van der Waals surface area contributed by atoms with Crippen LogP contribution in [0.15, 0.2) is 48.8 Å². The molecule has 31 heavy (non-hydrogen) atoms. The van der Waals surface area contributed by atoms with E-state index in [1.165, 1.54) is 11.1 Å². The maximum Gasteiger partial charge on any atom is 0.248 e. The zero-order valence-corrected chi connectivity index (χ0v) is 18.3. The smallest absolute Gasteiger partial charge is 0.248 e. The van der Waals surface area contributed by atoms with Crippen LogP contribution in [0, 0.1) is 6.92 Å². The Morgan fingerprint density at radius 1 is 1.06 bits per heavy atom. The Morgan fingerprint density at radius 2 is 1.84 bits per heavy atom. The highest BCUT2D eigenvalue weighted by molar-refractivity contribution is 5.92. The fourth-order valence-electron chi connectivity index (χ4n) is 4.69. The number of nitrogens with one attached hydrogen (secondary N) is 1. The molecule has 1 N–H and O–H groups in total. The topological polar surface area (TPSA) is 65.5 Å². The van der Waals surface area contributed by atoms with E-state index in [1.54, 1.807) is 12.4 Å². The first kappa shape index (κ1) is 21.5. The molecule has 2 aromatic rings. The number of hydrogen-bond acceptors (Lipinski definition) is 4. The van der Waals surface area contributed by atoms with Crippen molar-refractivity contribution in [3.8, 4) is 0 Å². The minimum absolute atomic E-state index is 0.0206. The molecule has 0 aliphatic carbocycles. The van der Waals surface area contributed by atoms with E-state index in [0.717, 1.165) is 38.0 Å². The van der Waals surface area contributed by atoms with Gasteiger partial charge in [0, 0.05) is 58.0 Å².